The molecular weight excluding hydrogens is 264 g/mol. The van der Waals surface area contributed by atoms with Crippen molar-refractivity contribution in [1.29, 1.82) is 0 Å². The number of nitrogens with zero attached hydrogens (tertiary/aromatic N) is 1. The Labute approximate surface area is 114 Å². The van der Waals surface area contributed by atoms with Gasteiger partial charge in [0.05, 0.1) is 12.0 Å². The lowest BCUT2D eigenvalue weighted by molar-refractivity contribution is 0.278. The highest BCUT2D eigenvalue weighted by atomic mass is 32.2. The van der Waals surface area contributed by atoms with Crippen molar-refractivity contribution in [3.05, 3.63) is 24.3 Å². The zero-order chi connectivity index (χ0) is 13.9. The molecule has 0 spiro atoms. The number of hydrogen-bond acceptors (Lipinski definition) is 4. The van der Waals surface area contributed by atoms with Crippen LogP contribution in [0.2, 0.25) is 0 Å². The number of nitrogens with two attached hydrogens (primary N) is 1. The molecule has 0 atom stereocenters. The predicted molar refractivity (Wildman–Crippen MR) is 73.5 cm³/mol. The van der Waals surface area contributed by atoms with Crippen molar-refractivity contribution in [3.8, 4) is 5.75 Å². The van der Waals surface area contributed by atoms with E-state index in [1.54, 1.807) is 35.7 Å². The van der Waals surface area contributed by atoms with Gasteiger partial charge in [0.25, 0.3) is 0 Å². The van der Waals surface area contributed by atoms with Crippen LogP contribution in [0.5, 0.6) is 5.75 Å². The highest BCUT2D eigenvalue weighted by Gasteiger charge is 2.28. The summed E-state index contributed by atoms with van der Waals surface area (Å²) in [7, 11) is -1.83. The molecule has 6 heteroatoms. The molecule has 1 aliphatic rings. The summed E-state index contributed by atoms with van der Waals surface area (Å²) < 4.78 is 31.4. The van der Waals surface area contributed by atoms with E-state index in [0.29, 0.717) is 36.2 Å². The normalized spacial score (nSPS) is 18.4. The van der Waals surface area contributed by atoms with Crippen LogP contribution in [0, 0.1) is 5.92 Å². The molecule has 106 valence electrons. The second-order valence-electron chi connectivity index (χ2n) is 4.76. The molecule has 1 aromatic carbocycles. The number of rotatable bonds is 4. The Morgan fingerprint density at radius 2 is 1.84 bits per heavy atom. The summed E-state index contributed by atoms with van der Waals surface area (Å²) in [6.07, 6.45) is 1.68. The van der Waals surface area contributed by atoms with E-state index in [2.05, 4.69) is 0 Å². The van der Waals surface area contributed by atoms with Crippen molar-refractivity contribution < 1.29 is 13.2 Å². The molecule has 19 heavy (non-hydrogen) atoms. The van der Waals surface area contributed by atoms with Crippen molar-refractivity contribution in [2.45, 2.75) is 17.7 Å². The zero-order valence-corrected chi connectivity index (χ0v) is 11.9. The van der Waals surface area contributed by atoms with Crippen LogP contribution in [-0.2, 0) is 10.0 Å². The monoisotopic (exact) mass is 284 g/mol. The number of methoxy groups -OCH3 is 1. The first-order valence-corrected chi connectivity index (χ1v) is 7.86. The van der Waals surface area contributed by atoms with E-state index in [1.807, 2.05) is 0 Å². The van der Waals surface area contributed by atoms with Crippen molar-refractivity contribution in [1.82, 2.24) is 4.31 Å². The van der Waals surface area contributed by atoms with Crippen LogP contribution in [-0.4, -0.2) is 39.5 Å². The molecule has 5 nitrogen and oxygen atoms in total. The number of piperidine rings is 1. The van der Waals surface area contributed by atoms with Gasteiger partial charge in [-0.15, -0.1) is 0 Å². The molecule has 2 rings (SSSR count). The van der Waals surface area contributed by atoms with Crippen LogP contribution in [0.15, 0.2) is 29.2 Å². The van der Waals surface area contributed by atoms with Gasteiger partial charge in [-0.3, -0.25) is 0 Å². The van der Waals surface area contributed by atoms with E-state index in [-0.39, 0.29) is 0 Å². The Balaban J connectivity index is 2.13. The van der Waals surface area contributed by atoms with E-state index in [1.165, 1.54) is 0 Å². The number of sulfonamides is 1. The van der Waals surface area contributed by atoms with Crippen LogP contribution in [0.1, 0.15) is 12.8 Å². The third kappa shape index (κ3) is 3.08. The van der Waals surface area contributed by atoms with Crippen LogP contribution < -0.4 is 10.5 Å². The molecule has 1 fully saturated rings. The van der Waals surface area contributed by atoms with Crippen LogP contribution in [0.4, 0.5) is 0 Å². The first-order valence-electron chi connectivity index (χ1n) is 6.42. The summed E-state index contributed by atoms with van der Waals surface area (Å²) in [5.41, 5.74) is 5.62. The molecule has 0 unspecified atom stereocenters. The second kappa shape index (κ2) is 5.90. The lowest BCUT2D eigenvalue weighted by Gasteiger charge is -2.30. The molecular formula is C13H20N2O3S. The highest BCUT2D eigenvalue weighted by Crippen LogP contribution is 2.24. The quantitative estimate of drug-likeness (QED) is 0.897. The van der Waals surface area contributed by atoms with Gasteiger partial charge in [-0.2, -0.15) is 4.31 Å². The fourth-order valence-electron chi connectivity index (χ4n) is 2.28. The third-order valence-corrected chi connectivity index (χ3v) is 5.52. The summed E-state index contributed by atoms with van der Waals surface area (Å²) in [6.45, 7) is 1.74. The molecule has 0 aliphatic carbocycles. The molecule has 0 amide bonds. The van der Waals surface area contributed by atoms with Crippen molar-refractivity contribution >= 4 is 10.0 Å². The average Bonchev–Trinajstić information content (AvgIpc) is 2.47. The van der Waals surface area contributed by atoms with E-state index >= 15 is 0 Å². The molecule has 1 aliphatic heterocycles. The Hall–Kier alpha value is -1.11. The lowest BCUT2D eigenvalue weighted by Crippen LogP contribution is -2.39. The van der Waals surface area contributed by atoms with Gasteiger partial charge in [-0.25, -0.2) is 8.42 Å². The molecule has 2 N–H and O–H groups in total. The fraction of sp³-hybridized carbons (Fsp3) is 0.538. The van der Waals surface area contributed by atoms with Crippen LogP contribution in [0.25, 0.3) is 0 Å². The first-order chi connectivity index (χ1) is 9.07. The largest absolute Gasteiger partial charge is 0.497 e. The summed E-state index contributed by atoms with van der Waals surface area (Å²) in [4.78, 5) is 0.319. The highest BCUT2D eigenvalue weighted by molar-refractivity contribution is 7.89. The van der Waals surface area contributed by atoms with E-state index in [9.17, 15) is 8.42 Å². The summed E-state index contributed by atoms with van der Waals surface area (Å²) in [6, 6.07) is 6.51. The maximum atomic E-state index is 12.4. The molecule has 1 saturated heterocycles. The topological polar surface area (TPSA) is 72.6 Å². The molecule has 0 radical (unpaired) electrons. The fourth-order valence-corrected chi connectivity index (χ4v) is 3.75. The maximum absolute atomic E-state index is 12.4. The predicted octanol–water partition coefficient (Wildman–Crippen LogP) is 1.05. The van der Waals surface area contributed by atoms with Gasteiger partial charge >= 0.3 is 0 Å². The summed E-state index contributed by atoms with van der Waals surface area (Å²) in [5, 5.41) is 0. The van der Waals surface area contributed by atoms with Crippen molar-refractivity contribution in [2.75, 3.05) is 26.7 Å². The molecule has 1 heterocycles. The number of benzene rings is 1. The molecule has 0 bridgehead atoms. The number of hydrogen-bond donors (Lipinski definition) is 1. The molecule has 0 saturated carbocycles. The Morgan fingerprint density at radius 1 is 1.26 bits per heavy atom. The van der Waals surface area contributed by atoms with Gasteiger partial charge in [0.15, 0.2) is 0 Å². The van der Waals surface area contributed by atoms with Crippen LogP contribution in [0.3, 0.4) is 0 Å². The SMILES string of the molecule is COc1ccc(S(=O)(=O)N2CCC(CN)CC2)cc1. The van der Waals surface area contributed by atoms with Crippen LogP contribution >= 0.6 is 0 Å². The van der Waals surface area contributed by atoms with E-state index in [0.717, 1.165) is 12.8 Å². The minimum atomic E-state index is -3.38. The van der Waals surface area contributed by atoms with E-state index < -0.39 is 10.0 Å². The van der Waals surface area contributed by atoms with Gasteiger partial charge in [-0.05, 0) is 49.6 Å². The molecule has 1 aromatic rings. The maximum Gasteiger partial charge on any atom is 0.243 e. The summed E-state index contributed by atoms with van der Waals surface area (Å²) >= 11 is 0. The van der Waals surface area contributed by atoms with Gasteiger partial charge in [0.1, 0.15) is 5.75 Å². The number of ether oxygens (including phenoxy) is 1. The average molecular weight is 284 g/mol. The molecule has 0 aromatic heterocycles. The van der Waals surface area contributed by atoms with Crippen molar-refractivity contribution in [2.24, 2.45) is 11.7 Å². The van der Waals surface area contributed by atoms with Gasteiger partial charge in [0, 0.05) is 13.1 Å². The Kier molecular flexibility index (Phi) is 4.44. The van der Waals surface area contributed by atoms with Crippen molar-refractivity contribution in [3.63, 3.8) is 0 Å². The first kappa shape index (κ1) is 14.3. The minimum Gasteiger partial charge on any atom is -0.497 e. The smallest absolute Gasteiger partial charge is 0.243 e. The third-order valence-electron chi connectivity index (χ3n) is 3.60. The standard InChI is InChI=1S/C13H20N2O3S/c1-18-12-2-4-13(5-3-12)19(16,17)15-8-6-11(10-14)7-9-15/h2-5,11H,6-10,14H2,1H3. The van der Waals surface area contributed by atoms with Gasteiger partial charge in [0.2, 0.25) is 10.0 Å². The van der Waals surface area contributed by atoms with E-state index in [4.69, 9.17) is 10.5 Å². The minimum absolute atomic E-state index is 0.319. The zero-order valence-electron chi connectivity index (χ0n) is 11.1. The lowest BCUT2D eigenvalue weighted by atomic mass is 9.99. The van der Waals surface area contributed by atoms with Gasteiger partial charge < -0.3 is 10.5 Å². The second-order valence-corrected chi connectivity index (χ2v) is 6.70. The Morgan fingerprint density at radius 3 is 2.32 bits per heavy atom. The summed E-state index contributed by atoms with van der Waals surface area (Å²) in [5.74, 6) is 1.10. The Bertz CT molecular complexity index is 505. The van der Waals surface area contributed by atoms with Gasteiger partial charge in [-0.1, -0.05) is 0 Å².